The summed E-state index contributed by atoms with van der Waals surface area (Å²) >= 11 is 0. The maximum Gasteiger partial charge on any atom is -0.0256 e. The van der Waals surface area contributed by atoms with Gasteiger partial charge in [-0.25, -0.2) is 0 Å². The van der Waals surface area contributed by atoms with Gasteiger partial charge in [-0.05, 0) is 38.7 Å². The number of allylic oxidation sites excluding steroid dienone is 4. The summed E-state index contributed by atoms with van der Waals surface area (Å²) in [6.07, 6.45) is 20.9. The molecule has 0 aliphatic heterocycles. The number of hydrogen-bond donors (Lipinski definition) is 0. The van der Waals surface area contributed by atoms with Gasteiger partial charge in [0.25, 0.3) is 0 Å². The van der Waals surface area contributed by atoms with Crippen LogP contribution in [0.15, 0.2) is 66.8 Å². The molecule has 0 nitrogen and oxygen atoms in total. The van der Waals surface area contributed by atoms with E-state index < -0.39 is 0 Å². The van der Waals surface area contributed by atoms with Crippen molar-refractivity contribution in [1.82, 2.24) is 0 Å². The summed E-state index contributed by atoms with van der Waals surface area (Å²) < 4.78 is 0. The van der Waals surface area contributed by atoms with Crippen LogP contribution in [0.5, 0.6) is 0 Å². The van der Waals surface area contributed by atoms with Gasteiger partial charge < -0.3 is 0 Å². The number of hydrogen-bond acceptors (Lipinski definition) is 0. The molecule has 1 aromatic rings. The zero-order chi connectivity index (χ0) is 29.1. The molecule has 0 N–H and O–H groups in total. The fourth-order valence-corrected chi connectivity index (χ4v) is 3.62. The lowest BCUT2D eigenvalue weighted by Gasteiger charge is -2.28. The summed E-state index contributed by atoms with van der Waals surface area (Å²) in [5, 5.41) is 0. The standard InChI is InChI=1S/C12H14.C10H22.C9H20.C6H10/c1-10(2)4-7-12-8-5-11(3)6-9-12;1-3-5-7-9-10-8-6-4-2;1-5-9(6-2,7-3)8-4;1-5(2)6(3)4/h4-9H,1H2,2-3H3;3-10H2,1-2H3;5-8H2,1-4H3;1,3H2,2,4H3/b7-4+;;;. The highest BCUT2D eigenvalue weighted by Gasteiger charge is 2.20. The summed E-state index contributed by atoms with van der Waals surface area (Å²) in [4.78, 5) is 0. The molecule has 37 heavy (non-hydrogen) atoms. The number of unbranched alkanes of at least 4 members (excludes halogenated alkanes) is 7. The van der Waals surface area contributed by atoms with Crippen molar-refractivity contribution in [3.05, 3.63) is 77.9 Å². The lowest BCUT2D eigenvalue weighted by atomic mass is 9.78. The van der Waals surface area contributed by atoms with Crippen molar-refractivity contribution in [3.8, 4) is 0 Å². The van der Waals surface area contributed by atoms with E-state index in [0.29, 0.717) is 5.41 Å². The monoisotopic (exact) mass is 511 g/mol. The molecule has 0 spiro atoms. The summed E-state index contributed by atoms with van der Waals surface area (Å²) in [7, 11) is 0. The van der Waals surface area contributed by atoms with Crippen LogP contribution in [-0.4, -0.2) is 0 Å². The van der Waals surface area contributed by atoms with E-state index in [2.05, 4.69) is 98.5 Å². The fraction of sp³-hybridized carbons (Fsp3) is 0.622. The molecule has 214 valence electrons. The fourth-order valence-electron chi connectivity index (χ4n) is 3.62. The SMILES string of the molecule is C=C(C)/C=C/c1ccc(C)cc1.C=C(C)C(=C)C.CCC(CC)(CC)CC.CCCCCCCCCC. The van der Waals surface area contributed by atoms with E-state index in [0.717, 1.165) is 16.7 Å². The van der Waals surface area contributed by atoms with Gasteiger partial charge >= 0.3 is 0 Å². The molecular weight excluding hydrogens is 444 g/mol. The third-order valence-corrected chi connectivity index (χ3v) is 7.32. The minimum absolute atomic E-state index is 0.667. The topological polar surface area (TPSA) is 0 Å². The molecule has 0 aliphatic rings. The Hall–Kier alpha value is -1.82. The summed E-state index contributed by atoms with van der Waals surface area (Å²) in [5.74, 6) is 0. The molecule has 0 amide bonds. The van der Waals surface area contributed by atoms with Crippen LogP contribution < -0.4 is 0 Å². The zero-order valence-corrected chi connectivity index (χ0v) is 27.1. The molecule has 1 aromatic carbocycles. The maximum atomic E-state index is 3.80. The van der Waals surface area contributed by atoms with Crippen LogP contribution in [-0.2, 0) is 0 Å². The third-order valence-electron chi connectivity index (χ3n) is 7.32. The number of benzene rings is 1. The van der Waals surface area contributed by atoms with Crippen molar-refractivity contribution >= 4 is 6.08 Å². The van der Waals surface area contributed by atoms with Crippen molar-refractivity contribution in [1.29, 1.82) is 0 Å². The Morgan fingerprint density at radius 2 is 0.973 bits per heavy atom. The number of aryl methyl sites for hydroxylation is 1. The first-order valence-corrected chi connectivity index (χ1v) is 15.2. The average molecular weight is 511 g/mol. The van der Waals surface area contributed by atoms with E-state index in [-0.39, 0.29) is 0 Å². The van der Waals surface area contributed by atoms with E-state index in [9.17, 15) is 0 Å². The minimum Gasteiger partial charge on any atom is -0.0961 e. The molecule has 0 fully saturated rings. The van der Waals surface area contributed by atoms with Gasteiger partial charge in [-0.1, -0.05) is 197 Å². The molecule has 0 aromatic heterocycles. The van der Waals surface area contributed by atoms with Gasteiger partial charge in [-0.2, -0.15) is 0 Å². The predicted octanol–water partition coefficient (Wildman–Crippen LogP) is 13.5. The quantitative estimate of drug-likeness (QED) is 0.172. The van der Waals surface area contributed by atoms with E-state index in [4.69, 9.17) is 0 Å². The Morgan fingerprint density at radius 3 is 1.22 bits per heavy atom. The van der Waals surface area contributed by atoms with Crippen LogP contribution >= 0.6 is 0 Å². The summed E-state index contributed by atoms with van der Waals surface area (Å²) in [6.45, 7) is 32.8. The van der Waals surface area contributed by atoms with Crippen molar-refractivity contribution in [2.75, 3.05) is 0 Å². The van der Waals surface area contributed by atoms with Crippen molar-refractivity contribution < 1.29 is 0 Å². The molecule has 0 heterocycles. The highest BCUT2D eigenvalue weighted by Crippen LogP contribution is 2.33. The van der Waals surface area contributed by atoms with E-state index in [1.54, 1.807) is 0 Å². The highest BCUT2D eigenvalue weighted by molar-refractivity contribution is 5.52. The second-order valence-electron chi connectivity index (χ2n) is 10.7. The van der Waals surface area contributed by atoms with Gasteiger partial charge in [-0.3, -0.25) is 0 Å². The summed E-state index contributed by atoms with van der Waals surface area (Å²) in [6, 6.07) is 8.43. The Morgan fingerprint density at radius 1 is 0.622 bits per heavy atom. The highest BCUT2D eigenvalue weighted by atomic mass is 14.3. The Bertz CT molecular complexity index is 657. The Balaban J connectivity index is -0.000000429. The van der Waals surface area contributed by atoms with E-state index >= 15 is 0 Å². The number of rotatable bonds is 14. The first-order valence-electron chi connectivity index (χ1n) is 15.2. The predicted molar refractivity (Wildman–Crippen MR) is 177 cm³/mol. The molecule has 0 saturated heterocycles. The first-order chi connectivity index (χ1) is 17.5. The largest absolute Gasteiger partial charge is 0.0961 e. The molecule has 0 atom stereocenters. The van der Waals surface area contributed by atoms with Crippen LogP contribution in [0.1, 0.15) is 150 Å². The third kappa shape index (κ3) is 27.0. The Labute approximate surface area is 235 Å². The van der Waals surface area contributed by atoms with Crippen LogP contribution in [0.25, 0.3) is 6.08 Å². The molecule has 1 rings (SSSR count). The van der Waals surface area contributed by atoms with Gasteiger partial charge in [-0.15, -0.1) is 0 Å². The lowest BCUT2D eigenvalue weighted by Crippen LogP contribution is -2.15. The lowest BCUT2D eigenvalue weighted by molar-refractivity contribution is 0.240. The molecule has 0 bridgehead atoms. The first kappa shape index (κ1) is 39.7. The van der Waals surface area contributed by atoms with Crippen molar-refractivity contribution in [2.45, 2.75) is 146 Å². The minimum atomic E-state index is 0.667. The molecule has 0 heteroatoms. The van der Waals surface area contributed by atoms with Gasteiger partial charge in [0.1, 0.15) is 0 Å². The molecular formula is C37H66. The van der Waals surface area contributed by atoms with E-state index in [1.165, 1.54) is 88.2 Å². The van der Waals surface area contributed by atoms with Crippen molar-refractivity contribution in [2.24, 2.45) is 5.41 Å². The van der Waals surface area contributed by atoms with Crippen molar-refractivity contribution in [3.63, 3.8) is 0 Å². The molecule has 0 unspecified atom stereocenters. The van der Waals surface area contributed by atoms with E-state index in [1.807, 2.05) is 26.8 Å². The summed E-state index contributed by atoms with van der Waals surface area (Å²) in [5.41, 5.74) is 6.40. The van der Waals surface area contributed by atoms with Gasteiger partial charge in [0.15, 0.2) is 0 Å². The Kier molecular flexibility index (Phi) is 29.2. The average Bonchev–Trinajstić information content (AvgIpc) is 2.88. The van der Waals surface area contributed by atoms with Crippen LogP contribution in [0.4, 0.5) is 0 Å². The molecule has 0 saturated carbocycles. The van der Waals surface area contributed by atoms with Gasteiger partial charge in [0.05, 0.1) is 0 Å². The van der Waals surface area contributed by atoms with Gasteiger partial charge in [0, 0.05) is 0 Å². The maximum absolute atomic E-state index is 3.80. The van der Waals surface area contributed by atoms with Crippen LogP contribution in [0, 0.1) is 12.3 Å². The van der Waals surface area contributed by atoms with Crippen LogP contribution in [0.3, 0.4) is 0 Å². The second kappa shape index (κ2) is 27.2. The molecule has 0 radical (unpaired) electrons. The van der Waals surface area contributed by atoms with Crippen LogP contribution in [0.2, 0.25) is 0 Å². The smallest absolute Gasteiger partial charge is 0.0256 e. The zero-order valence-electron chi connectivity index (χ0n) is 27.1. The second-order valence-corrected chi connectivity index (χ2v) is 10.7. The van der Waals surface area contributed by atoms with Gasteiger partial charge in [0.2, 0.25) is 0 Å². The molecule has 0 aliphatic carbocycles. The normalized spacial score (nSPS) is 10.3.